The van der Waals surface area contributed by atoms with E-state index < -0.39 is 0 Å². The topological polar surface area (TPSA) is 59.8 Å². The first-order valence-corrected chi connectivity index (χ1v) is 7.64. The maximum atomic E-state index is 12.3. The molecule has 3 aromatic heterocycles. The van der Waals surface area contributed by atoms with Crippen molar-refractivity contribution in [2.75, 3.05) is 5.32 Å². The van der Waals surface area contributed by atoms with E-state index >= 15 is 0 Å². The summed E-state index contributed by atoms with van der Waals surface area (Å²) in [6.45, 7) is 1.85. The van der Waals surface area contributed by atoms with Gasteiger partial charge in [-0.05, 0) is 18.4 Å². The molecule has 0 bridgehead atoms. The number of amides is 1. The van der Waals surface area contributed by atoms with Crippen molar-refractivity contribution < 1.29 is 4.79 Å². The lowest BCUT2D eigenvalue weighted by atomic mass is 10.3. The first kappa shape index (κ1) is 13.0. The molecule has 3 aromatic rings. The van der Waals surface area contributed by atoms with Crippen LogP contribution in [0.4, 0.5) is 5.69 Å². The average Bonchev–Trinajstić information content (AvgIpc) is 3.09. The van der Waals surface area contributed by atoms with Gasteiger partial charge in [0, 0.05) is 13.2 Å². The summed E-state index contributed by atoms with van der Waals surface area (Å²) >= 11 is 3.03. The van der Waals surface area contributed by atoms with Gasteiger partial charge in [0.25, 0.3) is 5.91 Å². The highest BCUT2D eigenvalue weighted by molar-refractivity contribution is 7.22. The SMILES string of the molecule is Cc1nc(-c2cccs2)sc1C(=O)Nc1cnn(C)c1. The number of anilines is 1. The van der Waals surface area contributed by atoms with Gasteiger partial charge < -0.3 is 5.32 Å². The van der Waals surface area contributed by atoms with Crippen LogP contribution in [0.25, 0.3) is 9.88 Å². The summed E-state index contributed by atoms with van der Waals surface area (Å²) in [6, 6.07) is 3.98. The third-order valence-corrected chi connectivity index (χ3v) is 4.89. The minimum absolute atomic E-state index is 0.143. The van der Waals surface area contributed by atoms with Crippen LogP contribution in [0.3, 0.4) is 0 Å². The standard InChI is InChI=1S/C13H12N4OS2/c1-8-11(12(18)16-9-6-14-17(2)7-9)20-13(15-8)10-4-3-5-19-10/h3-7H,1-2H3,(H,16,18). The molecule has 0 aliphatic rings. The number of nitrogens with one attached hydrogen (secondary N) is 1. The minimum Gasteiger partial charge on any atom is -0.319 e. The zero-order valence-electron chi connectivity index (χ0n) is 11.0. The molecule has 0 aliphatic heterocycles. The van der Waals surface area contributed by atoms with Crippen molar-refractivity contribution >= 4 is 34.3 Å². The van der Waals surface area contributed by atoms with E-state index in [1.165, 1.54) is 11.3 Å². The molecule has 0 unspecified atom stereocenters. The van der Waals surface area contributed by atoms with Crippen LogP contribution in [0, 0.1) is 6.92 Å². The Morgan fingerprint density at radius 2 is 2.30 bits per heavy atom. The Labute approximate surface area is 123 Å². The van der Waals surface area contributed by atoms with Gasteiger partial charge in [0.2, 0.25) is 0 Å². The fourth-order valence-electron chi connectivity index (χ4n) is 1.79. The monoisotopic (exact) mass is 304 g/mol. The van der Waals surface area contributed by atoms with E-state index in [0.717, 1.165) is 15.6 Å². The summed E-state index contributed by atoms with van der Waals surface area (Å²) in [5.74, 6) is -0.143. The van der Waals surface area contributed by atoms with Crippen LogP contribution in [0.2, 0.25) is 0 Å². The molecule has 0 saturated carbocycles. The highest BCUT2D eigenvalue weighted by Crippen LogP contribution is 2.31. The van der Waals surface area contributed by atoms with Crippen molar-refractivity contribution in [3.8, 4) is 9.88 Å². The minimum atomic E-state index is -0.143. The average molecular weight is 304 g/mol. The molecule has 0 spiro atoms. The maximum absolute atomic E-state index is 12.3. The van der Waals surface area contributed by atoms with Crippen LogP contribution in [0.5, 0.6) is 0 Å². The molecule has 7 heteroatoms. The van der Waals surface area contributed by atoms with E-state index in [4.69, 9.17) is 0 Å². The lowest BCUT2D eigenvalue weighted by Gasteiger charge is -1.99. The summed E-state index contributed by atoms with van der Waals surface area (Å²) in [5.41, 5.74) is 1.43. The van der Waals surface area contributed by atoms with Gasteiger partial charge in [-0.25, -0.2) is 4.98 Å². The van der Waals surface area contributed by atoms with Gasteiger partial charge >= 0.3 is 0 Å². The second-order valence-corrected chi connectivity index (χ2v) is 6.21. The first-order valence-electron chi connectivity index (χ1n) is 5.95. The number of thiophene rings is 1. The third-order valence-electron chi connectivity index (χ3n) is 2.70. The number of hydrogen-bond acceptors (Lipinski definition) is 5. The third kappa shape index (κ3) is 2.50. The molecule has 0 atom stereocenters. The van der Waals surface area contributed by atoms with E-state index in [-0.39, 0.29) is 5.91 Å². The quantitative estimate of drug-likeness (QED) is 0.808. The van der Waals surface area contributed by atoms with E-state index in [1.807, 2.05) is 31.5 Å². The Morgan fingerprint density at radius 3 is 2.95 bits per heavy atom. The van der Waals surface area contributed by atoms with Gasteiger partial charge in [0.05, 0.1) is 22.5 Å². The Morgan fingerprint density at radius 1 is 1.45 bits per heavy atom. The Hall–Kier alpha value is -1.99. The lowest BCUT2D eigenvalue weighted by Crippen LogP contribution is -2.10. The first-order chi connectivity index (χ1) is 9.63. The lowest BCUT2D eigenvalue weighted by molar-refractivity contribution is 0.103. The molecule has 0 radical (unpaired) electrons. The highest BCUT2D eigenvalue weighted by Gasteiger charge is 2.17. The fourth-order valence-corrected chi connectivity index (χ4v) is 3.54. The molecule has 3 rings (SSSR count). The molecular weight excluding hydrogens is 292 g/mol. The molecule has 0 aliphatic carbocycles. The predicted molar refractivity (Wildman–Crippen MR) is 81.3 cm³/mol. The summed E-state index contributed by atoms with van der Waals surface area (Å²) in [5, 5.41) is 9.74. The van der Waals surface area contributed by atoms with Gasteiger partial charge in [0.15, 0.2) is 0 Å². The molecule has 5 nitrogen and oxygen atoms in total. The number of carbonyl (C=O) groups is 1. The van der Waals surface area contributed by atoms with Gasteiger partial charge in [-0.2, -0.15) is 5.10 Å². The highest BCUT2D eigenvalue weighted by atomic mass is 32.1. The normalized spacial score (nSPS) is 10.7. The van der Waals surface area contributed by atoms with E-state index in [9.17, 15) is 4.79 Å². The number of hydrogen-bond donors (Lipinski definition) is 1. The second-order valence-electron chi connectivity index (χ2n) is 4.27. The Kier molecular flexibility index (Phi) is 3.37. The van der Waals surface area contributed by atoms with Crippen LogP contribution >= 0.6 is 22.7 Å². The zero-order chi connectivity index (χ0) is 14.1. The molecular formula is C13H12N4OS2. The number of rotatable bonds is 3. The Bertz CT molecular complexity index is 742. The van der Waals surface area contributed by atoms with Gasteiger partial charge in [-0.15, -0.1) is 22.7 Å². The smallest absolute Gasteiger partial charge is 0.267 e. The predicted octanol–water partition coefficient (Wildman–Crippen LogP) is 3.17. The van der Waals surface area contributed by atoms with Crippen molar-refractivity contribution in [1.82, 2.24) is 14.8 Å². The number of aryl methyl sites for hydroxylation is 2. The van der Waals surface area contributed by atoms with Crippen LogP contribution < -0.4 is 5.32 Å². The molecule has 0 saturated heterocycles. The summed E-state index contributed by atoms with van der Waals surface area (Å²) in [4.78, 5) is 18.4. The van der Waals surface area contributed by atoms with E-state index in [0.29, 0.717) is 10.6 Å². The van der Waals surface area contributed by atoms with Crippen molar-refractivity contribution in [1.29, 1.82) is 0 Å². The van der Waals surface area contributed by atoms with Crippen LogP contribution in [-0.4, -0.2) is 20.7 Å². The number of thiazole rings is 1. The molecule has 0 fully saturated rings. The van der Waals surface area contributed by atoms with Crippen molar-refractivity contribution in [3.05, 3.63) is 40.5 Å². The molecule has 102 valence electrons. The Balaban J connectivity index is 1.85. The van der Waals surface area contributed by atoms with Gasteiger partial charge in [-0.1, -0.05) is 6.07 Å². The molecule has 3 heterocycles. The molecule has 20 heavy (non-hydrogen) atoms. The number of aromatic nitrogens is 3. The van der Waals surface area contributed by atoms with Gasteiger partial charge in [0.1, 0.15) is 9.88 Å². The van der Waals surface area contributed by atoms with Crippen molar-refractivity contribution in [2.24, 2.45) is 7.05 Å². The van der Waals surface area contributed by atoms with Crippen LogP contribution in [0.15, 0.2) is 29.9 Å². The fraction of sp³-hybridized carbons (Fsp3) is 0.154. The second kappa shape index (κ2) is 5.18. The molecule has 1 N–H and O–H groups in total. The maximum Gasteiger partial charge on any atom is 0.267 e. The summed E-state index contributed by atoms with van der Waals surface area (Å²) in [7, 11) is 1.81. The van der Waals surface area contributed by atoms with Gasteiger partial charge in [-0.3, -0.25) is 9.48 Å². The van der Waals surface area contributed by atoms with Crippen LogP contribution in [0.1, 0.15) is 15.4 Å². The number of carbonyl (C=O) groups excluding carboxylic acids is 1. The van der Waals surface area contributed by atoms with Crippen molar-refractivity contribution in [2.45, 2.75) is 6.92 Å². The van der Waals surface area contributed by atoms with Crippen LogP contribution in [-0.2, 0) is 7.05 Å². The summed E-state index contributed by atoms with van der Waals surface area (Å²) < 4.78 is 1.65. The van der Waals surface area contributed by atoms with E-state index in [1.54, 1.807) is 28.4 Å². The molecule has 1 amide bonds. The number of nitrogens with zero attached hydrogens (tertiary/aromatic N) is 3. The zero-order valence-corrected chi connectivity index (χ0v) is 12.6. The summed E-state index contributed by atoms with van der Waals surface area (Å²) in [6.07, 6.45) is 3.38. The van der Waals surface area contributed by atoms with Crippen molar-refractivity contribution in [3.63, 3.8) is 0 Å². The van der Waals surface area contributed by atoms with E-state index in [2.05, 4.69) is 15.4 Å². The largest absolute Gasteiger partial charge is 0.319 e. The molecule has 0 aromatic carbocycles.